The van der Waals surface area contributed by atoms with Crippen molar-refractivity contribution >= 4 is 34.8 Å². The van der Waals surface area contributed by atoms with Gasteiger partial charge in [0.1, 0.15) is 6.61 Å². The third-order valence-corrected chi connectivity index (χ3v) is 4.87. The van der Waals surface area contributed by atoms with Gasteiger partial charge in [-0.3, -0.25) is 0 Å². The van der Waals surface area contributed by atoms with Gasteiger partial charge in [0.2, 0.25) is 0 Å². The Morgan fingerprint density at radius 2 is 1.74 bits per heavy atom. The van der Waals surface area contributed by atoms with Gasteiger partial charge in [0.05, 0.1) is 11.6 Å². The Morgan fingerprint density at radius 3 is 2.41 bits per heavy atom. The van der Waals surface area contributed by atoms with Crippen LogP contribution in [-0.4, -0.2) is 24.9 Å². The number of hydrogen-bond donors (Lipinski definition) is 2. The van der Waals surface area contributed by atoms with Crippen molar-refractivity contribution in [3.05, 3.63) is 56.5 Å². The van der Waals surface area contributed by atoms with E-state index in [0.29, 0.717) is 45.3 Å². The number of aliphatic hydroxyl groups excluding tert-OH is 1. The first-order chi connectivity index (χ1) is 13.1. The standard InChI is InChI=1S/C20H24Cl3NO3/c1-2-26-19-11-14(12-24-8-3-4-9-25)10-18(23)20(19)27-13-15-16(21)6-5-7-17(15)22/h5-7,10-11,24-25H,2-4,8-9,12-13H2,1H3. The van der Waals surface area contributed by atoms with Crippen molar-refractivity contribution in [2.24, 2.45) is 0 Å². The lowest BCUT2D eigenvalue weighted by molar-refractivity contribution is 0.269. The first kappa shape index (κ1) is 22.1. The fraction of sp³-hybridized carbons (Fsp3) is 0.400. The molecule has 0 saturated heterocycles. The summed E-state index contributed by atoms with van der Waals surface area (Å²) >= 11 is 18.9. The molecule has 0 aromatic heterocycles. The zero-order valence-corrected chi connectivity index (χ0v) is 17.5. The predicted octanol–water partition coefficient (Wildman–Crippen LogP) is 5.49. The molecule has 0 amide bonds. The minimum atomic E-state index is 0.192. The summed E-state index contributed by atoms with van der Waals surface area (Å²) in [5.41, 5.74) is 1.70. The fourth-order valence-electron chi connectivity index (χ4n) is 2.54. The lowest BCUT2D eigenvalue weighted by Gasteiger charge is -2.16. The fourth-order valence-corrected chi connectivity index (χ4v) is 3.33. The van der Waals surface area contributed by atoms with Crippen molar-refractivity contribution in [3.63, 3.8) is 0 Å². The Morgan fingerprint density at radius 1 is 1.00 bits per heavy atom. The van der Waals surface area contributed by atoms with Crippen LogP contribution in [0.1, 0.15) is 30.9 Å². The molecule has 0 radical (unpaired) electrons. The molecule has 0 aliphatic rings. The molecule has 2 aromatic rings. The number of unbranched alkanes of at least 4 members (excludes halogenated alkanes) is 1. The van der Waals surface area contributed by atoms with Crippen molar-refractivity contribution in [1.82, 2.24) is 5.32 Å². The Labute approximate surface area is 175 Å². The molecule has 0 unspecified atom stereocenters. The minimum absolute atomic E-state index is 0.192. The summed E-state index contributed by atoms with van der Waals surface area (Å²) in [6.45, 7) is 4.28. The average Bonchev–Trinajstić information content (AvgIpc) is 2.63. The Kier molecular flexibility index (Phi) is 9.52. The van der Waals surface area contributed by atoms with E-state index in [-0.39, 0.29) is 13.2 Å². The second kappa shape index (κ2) is 11.6. The predicted molar refractivity (Wildman–Crippen MR) is 111 cm³/mol. The zero-order chi connectivity index (χ0) is 19.6. The highest BCUT2D eigenvalue weighted by Gasteiger charge is 2.15. The maximum absolute atomic E-state index is 8.82. The van der Waals surface area contributed by atoms with Crippen LogP contribution in [0.2, 0.25) is 15.1 Å². The van der Waals surface area contributed by atoms with Gasteiger partial charge in [-0.05, 0) is 56.1 Å². The summed E-state index contributed by atoms with van der Waals surface area (Å²) in [7, 11) is 0. The minimum Gasteiger partial charge on any atom is -0.490 e. The molecule has 148 valence electrons. The molecule has 0 saturated carbocycles. The molecular formula is C20H24Cl3NO3. The SMILES string of the molecule is CCOc1cc(CNCCCCO)cc(Cl)c1OCc1c(Cl)cccc1Cl. The number of hydrogen-bond acceptors (Lipinski definition) is 4. The lowest BCUT2D eigenvalue weighted by Crippen LogP contribution is -2.15. The summed E-state index contributed by atoms with van der Waals surface area (Å²) in [4.78, 5) is 0. The maximum Gasteiger partial charge on any atom is 0.180 e. The number of aliphatic hydroxyl groups is 1. The van der Waals surface area contributed by atoms with Crippen molar-refractivity contribution in [1.29, 1.82) is 0 Å². The normalized spacial score (nSPS) is 10.9. The molecule has 4 nitrogen and oxygen atoms in total. The Balaban J connectivity index is 2.10. The van der Waals surface area contributed by atoms with Crippen molar-refractivity contribution in [2.75, 3.05) is 19.8 Å². The summed E-state index contributed by atoms with van der Waals surface area (Å²) in [5.74, 6) is 1.05. The van der Waals surface area contributed by atoms with E-state index < -0.39 is 0 Å². The van der Waals surface area contributed by atoms with Gasteiger partial charge in [-0.1, -0.05) is 40.9 Å². The van der Waals surface area contributed by atoms with Crippen LogP contribution in [0.3, 0.4) is 0 Å². The zero-order valence-electron chi connectivity index (χ0n) is 15.2. The molecule has 2 rings (SSSR count). The van der Waals surface area contributed by atoms with Crippen LogP contribution in [0.5, 0.6) is 11.5 Å². The largest absolute Gasteiger partial charge is 0.490 e. The van der Waals surface area contributed by atoms with E-state index >= 15 is 0 Å². The first-order valence-electron chi connectivity index (χ1n) is 8.89. The number of rotatable bonds is 11. The Hall–Kier alpha value is -1.17. The van der Waals surface area contributed by atoms with E-state index in [1.807, 2.05) is 19.1 Å². The van der Waals surface area contributed by atoms with E-state index in [0.717, 1.165) is 24.9 Å². The number of benzene rings is 2. The van der Waals surface area contributed by atoms with Gasteiger partial charge in [0.25, 0.3) is 0 Å². The van der Waals surface area contributed by atoms with Gasteiger partial charge in [-0.15, -0.1) is 0 Å². The number of halogens is 3. The van der Waals surface area contributed by atoms with Crippen LogP contribution >= 0.6 is 34.8 Å². The molecule has 0 bridgehead atoms. The summed E-state index contributed by atoms with van der Waals surface area (Å²) in [5, 5.41) is 13.7. The van der Waals surface area contributed by atoms with Crippen LogP contribution in [0, 0.1) is 0 Å². The molecular weight excluding hydrogens is 409 g/mol. The van der Waals surface area contributed by atoms with Crippen LogP contribution in [0.4, 0.5) is 0 Å². The van der Waals surface area contributed by atoms with Crippen molar-refractivity contribution < 1.29 is 14.6 Å². The number of nitrogens with one attached hydrogen (secondary N) is 1. The quantitative estimate of drug-likeness (QED) is 0.461. The second-order valence-electron chi connectivity index (χ2n) is 5.93. The highest BCUT2D eigenvalue weighted by molar-refractivity contribution is 6.36. The molecule has 2 aromatic carbocycles. The summed E-state index contributed by atoms with van der Waals surface area (Å²) in [6.07, 6.45) is 1.71. The van der Waals surface area contributed by atoms with Gasteiger partial charge >= 0.3 is 0 Å². The van der Waals surface area contributed by atoms with E-state index in [9.17, 15) is 0 Å². The van der Waals surface area contributed by atoms with Crippen molar-refractivity contribution in [2.45, 2.75) is 32.9 Å². The van der Waals surface area contributed by atoms with Crippen molar-refractivity contribution in [3.8, 4) is 11.5 Å². The molecule has 7 heteroatoms. The van der Waals surface area contributed by atoms with Gasteiger partial charge in [0.15, 0.2) is 11.5 Å². The van der Waals surface area contributed by atoms with Gasteiger partial charge < -0.3 is 19.9 Å². The Bertz CT molecular complexity index is 720. The van der Waals surface area contributed by atoms with Crippen LogP contribution in [0.15, 0.2) is 30.3 Å². The summed E-state index contributed by atoms with van der Waals surface area (Å²) in [6, 6.07) is 9.09. The van der Waals surface area contributed by atoms with Gasteiger partial charge in [-0.25, -0.2) is 0 Å². The first-order valence-corrected chi connectivity index (χ1v) is 10.0. The maximum atomic E-state index is 8.82. The molecule has 0 atom stereocenters. The molecule has 0 fully saturated rings. The highest BCUT2D eigenvalue weighted by atomic mass is 35.5. The van der Waals surface area contributed by atoms with E-state index in [2.05, 4.69) is 5.32 Å². The van der Waals surface area contributed by atoms with E-state index in [4.69, 9.17) is 49.4 Å². The van der Waals surface area contributed by atoms with Crippen LogP contribution in [-0.2, 0) is 13.2 Å². The third-order valence-electron chi connectivity index (χ3n) is 3.88. The third kappa shape index (κ3) is 6.74. The molecule has 0 heterocycles. The number of ether oxygens (including phenoxy) is 2. The lowest BCUT2D eigenvalue weighted by atomic mass is 10.2. The topological polar surface area (TPSA) is 50.7 Å². The smallest absolute Gasteiger partial charge is 0.180 e. The molecule has 0 aliphatic carbocycles. The molecule has 27 heavy (non-hydrogen) atoms. The average molecular weight is 433 g/mol. The van der Waals surface area contributed by atoms with E-state index in [1.54, 1.807) is 18.2 Å². The molecule has 2 N–H and O–H groups in total. The monoisotopic (exact) mass is 431 g/mol. The molecule has 0 spiro atoms. The summed E-state index contributed by atoms with van der Waals surface area (Å²) < 4.78 is 11.6. The van der Waals surface area contributed by atoms with Gasteiger partial charge in [0, 0.05) is 28.8 Å². The van der Waals surface area contributed by atoms with Gasteiger partial charge in [-0.2, -0.15) is 0 Å². The second-order valence-corrected chi connectivity index (χ2v) is 7.16. The molecule has 0 aliphatic heterocycles. The van der Waals surface area contributed by atoms with E-state index in [1.165, 1.54) is 0 Å². The van der Waals surface area contributed by atoms with Crippen LogP contribution in [0.25, 0.3) is 0 Å². The van der Waals surface area contributed by atoms with Crippen LogP contribution < -0.4 is 14.8 Å². The highest BCUT2D eigenvalue weighted by Crippen LogP contribution is 2.38.